The third-order valence-corrected chi connectivity index (χ3v) is 3.44. The summed E-state index contributed by atoms with van der Waals surface area (Å²) in [5.41, 5.74) is 0.642. The van der Waals surface area contributed by atoms with Gasteiger partial charge >= 0.3 is 0 Å². The first-order valence-corrected chi connectivity index (χ1v) is 6.36. The van der Waals surface area contributed by atoms with E-state index in [-0.39, 0.29) is 0 Å². The smallest absolute Gasteiger partial charge is 0.167 e. The number of aliphatic hydroxyl groups excluding tert-OH is 1. The Hall–Kier alpha value is -1.46. The van der Waals surface area contributed by atoms with E-state index in [9.17, 15) is 5.11 Å². The van der Waals surface area contributed by atoms with Gasteiger partial charge in [0.2, 0.25) is 0 Å². The number of fused-ring (bicyclic) bond motifs is 1. The fourth-order valence-corrected chi connectivity index (χ4v) is 2.37. The molecule has 0 bridgehead atoms. The summed E-state index contributed by atoms with van der Waals surface area (Å²) in [6, 6.07) is 7.18. The van der Waals surface area contributed by atoms with Crippen molar-refractivity contribution in [1.82, 2.24) is 0 Å². The number of ether oxygens (including phenoxy) is 2. The molecule has 4 nitrogen and oxygen atoms in total. The van der Waals surface area contributed by atoms with Crippen LogP contribution in [0.1, 0.15) is 17.4 Å². The Labute approximate surface area is 112 Å². The summed E-state index contributed by atoms with van der Waals surface area (Å²) in [6.07, 6.45) is 0.640. The summed E-state index contributed by atoms with van der Waals surface area (Å²) in [5, 5.41) is 10.4. The number of aliphatic hydroxyl groups is 1. The van der Waals surface area contributed by atoms with Gasteiger partial charge in [0.15, 0.2) is 17.3 Å². The molecular weight excluding hydrogens is 300 g/mol. The number of halogens is 1. The fraction of sp³-hybridized carbons (Fsp3) is 0.231. The minimum Gasteiger partial charge on any atom is -0.486 e. The van der Waals surface area contributed by atoms with Crippen molar-refractivity contribution in [2.24, 2.45) is 0 Å². The molecule has 1 aliphatic rings. The van der Waals surface area contributed by atoms with E-state index in [1.807, 2.05) is 12.1 Å². The highest BCUT2D eigenvalue weighted by Gasteiger charge is 2.24. The van der Waals surface area contributed by atoms with Crippen LogP contribution in [0, 0.1) is 0 Å². The maximum atomic E-state index is 10.4. The molecule has 0 saturated carbocycles. The SMILES string of the molecule is OC(c1cccc2c1OCCO2)c1occc1Br. The van der Waals surface area contributed by atoms with E-state index in [2.05, 4.69) is 15.9 Å². The minimum absolute atomic E-state index is 0.456. The second-order valence-corrected chi connectivity index (χ2v) is 4.76. The molecule has 1 aliphatic heterocycles. The third-order valence-electron chi connectivity index (χ3n) is 2.78. The second-order valence-electron chi connectivity index (χ2n) is 3.91. The highest BCUT2D eigenvalue weighted by atomic mass is 79.9. The Morgan fingerprint density at radius 2 is 2.00 bits per heavy atom. The van der Waals surface area contributed by atoms with E-state index in [1.165, 1.54) is 6.26 Å². The molecule has 0 amide bonds. The van der Waals surface area contributed by atoms with Gasteiger partial charge in [-0.15, -0.1) is 0 Å². The molecule has 0 aliphatic carbocycles. The molecule has 1 aromatic carbocycles. The Morgan fingerprint density at radius 1 is 1.17 bits per heavy atom. The van der Waals surface area contributed by atoms with Crippen molar-refractivity contribution in [2.75, 3.05) is 13.2 Å². The number of rotatable bonds is 2. The van der Waals surface area contributed by atoms with Crippen LogP contribution < -0.4 is 9.47 Å². The Kier molecular flexibility index (Phi) is 3.01. The number of para-hydroxylation sites is 1. The molecule has 0 fully saturated rings. The molecule has 2 heterocycles. The van der Waals surface area contributed by atoms with Crippen molar-refractivity contribution in [3.8, 4) is 11.5 Å². The Morgan fingerprint density at radius 3 is 2.78 bits per heavy atom. The quantitative estimate of drug-likeness (QED) is 0.926. The second kappa shape index (κ2) is 4.66. The van der Waals surface area contributed by atoms with Gasteiger partial charge in [0, 0.05) is 5.56 Å². The Bertz CT molecular complexity index is 564. The molecule has 18 heavy (non-hydrogen) atoms. The van der Waals surface area contributed by atoms with Crippen LogP contribution in [0.3, 0.4) is 0 Å². The van der Waals surface area contributed by atoms with Gasteiger partial charge in [-0.3, -0.25) is 0 Å². The maximum Gasteiger partial charge on any atom is 0.167 e. The topological polar surface area (TPSA) is 51.8 Å². The molecule has 1 aromatic heterocycles. The van der Waals surface area contributed by atoms with Crippen LogP contribution in [0.5, 0.6) is 11.5 Å². The van der Waals surface area contributed by atoms with Crippen molar-refractivity contribution in [3.05, 3.63) is 46.3 Å². The summed E-state index contributed by atoms with van der Waals surface area (Å²) >= 11 is 3.33. The molecule has 3 rings (SSSR count). The number of furan rings is 1. The maximum absolute atomic E-state index is 10.4. The zero-order valence-corrected chi connectivity index (χ0v) is 11.0. The molecule has 1 unspecified atom stereocenters. The van der Waals surface area contributed by atoms with Crippen LogP contribution in [0.2, 0.25) is 0 Å². The van der Waals surface area contributed by atoms with Crippen LogP contribution >= 0.6 is 15.9 Å². The van der Waals surface area contributed by atoms with E-state index >= 15 is 0 Å². The zero-order chi connectivity index (χ0) is 12.5. The molecule has 0 saturated heterocycles. The number of hydrogen-bond acceptors (Lipinski definition) is 4. The summed E-state index contributed by atoms with van der Waals surface area (Å²) < 4.78 is 17.1. The summed E-state index contributed by atoms with van der Waals surface area (Å²) in [4.78, 5) is 0. The lowest BCUT2D eigenvalue weighted by molar-refractivity contribution is 0.151. The lowest BCUT2D eigenvalue weighted by Crippen LogP contribution is -2.17. The van der Waals surface area contributed by atoms with Gasteiger partial charge in [-0.05, 0) is 28.1 Å². The first kappa shape index (κ1) is 11.6. The first-order chi connectivity index (χ1) is 8.77. The number of benzene rings is 1. The minimum atomic E-state index is -0.883. The van der Waals surface area contributed by atoms with Gasteiger partial charge in [-0.2, -0.15) is 0 Å². The average molecular weight is 311 g/mol. The average Bonchev–Trinajstić information content (AvgIpc) is 2.83. The molecule has 94 valence electrons. The summed E-state index contributed by atoms with van der Waals surface area (Å²) in [6.45, 7) is 1.01. The predicted molar refractivity (Wildman–Crippen MR) is 67.9 cm³/mol. The van der Waals surface area contributed by atoms with Crippen LogP contribution in [-0.4, -0.2) is 18.3 Å². The van der Waals surface area contributed by atoms with Crippen molar-refractivity contribution in [3.63, 3.8) is 0 Å². The van der Waals surface area contributed by atoms with Crippen LogP contribution in [0.15, 0.2) is 39.4 Å². The Balaban J connectivity index is 2.04. The normalized spacial score (nSPS) is 15.4. The van der Waals surface area contributed by atoms with E-state index < -0.39 is 6.10 Å². The number of hydrogen-bond donors (Lipinski definition) is 1. The molecule has 2 aromatic rings. The monoisotopic (exact) mass is 310 g/mol. The van der Waals surface area contributed by atoms with E-state index in [0.717, 1.165) is 4.47 Å². The van der Waals surface area contributed by atoms with Crippen molar-refractivity contribution in [2.45, 2.75) is 6.10 Å². The summed E-state index contributed by atoms with van der Waals surface area (Å²) in [7, 11) is 0. The fourth-order valence-electron chi connectivity index (χ4n) is 1.95. The highest BCUT2D eigenvalue weighted by Crippen LogP contribution is 2.40. The van der Waals surface area contributed by atoms with Gasteiger partial charge < -0.3 is 19.0 Å². The van der Waals surface area contributed by atoms with Gasteiger partial charge in [0.25, 0.3) is 0 Å². The summed E-state index contributed by atoms with van der Waals surface area (Å²) in [5.74, 6) is 1.69. The molecule has 0 spiro atoms. The lowest BCUT2D eigenvalue weighted by atomic mass is 10.1. The van der Waals surface area contributed by atoms with E-state index in [4.69, 9.17) is 13.9 Å². The van der Waals surface area contributed by atoms with Gasteiger partial charge in [-0.25, -0.2) is 0 Å². The van der Waals surface area contributed by atoms with Crippen molar-refractivity contribution >= 4 is 15.9 Å². The van der Waals surface area contributed by atoms with Crippen LogP contribution in [0.25, 0.3) is 0 Å². The third kappa shape index (κ3) is 1.89. The highest BCUT2D eigenvalue weighted by molar-refractivity contribution is 9.10. The van der Waals surface area contributed by atoms with Gasteiger partial charge in [-0.1, -0.05) is 12.1 Å². The molecule has 0 radical (unpaired) electrons. The van der Waals surface area contributed by atoms with Crippen LogP contribution in [-0.2, 0) is 0 Å². The predicted octanol–water partition coefficient (Wildman–Crippen LogP) is 2.90. The largest absolute Gasteiger partial charge is 0.486 e. The lowest BCUT2D eigenvalue weighted by Gasteiger charge is -2.22. The molecular formula is C13H11BrO4. The van der Waals surface area contributed by atoms with Crippen molar-refractivity contribution < 1.29 is 19.0 Å². The molecule has 1 atom stereocenters. The van der Waals surface area contributed by atoms with Gasteiger partial charge in [0.1, 0.15) is 19.3 Å². The van der Waals surface area contributed by atoms with E-state index in [0.29, 0.717) is 36.0 Å². The van der Waals surface area contributed by atoms with E-state index in [1.54, 1.807) is 12.1 Å². The van der Waals surface area contributed by atoms with Gasteiger partial charge in [0.05, 0.1) is 10.7 Å². The standard InChI is InChI=1S/C13H11BrO4/c14-9-4-5-17-13(9)11(15)8-2-1-3-10-12(8)18-7-6-16-10/h1-5,11,15H,6-7H2. The zero-order valence-electron chi connectivity index (χ0n) is 9.43. The first-order valence-electron chi connectivity index (χ1n) is 5.57. The molecule has 1 N–H and O–H groups in total. The molecule has 5 heteroatoms. The van der Waals surface area contributed by atoms with Crippen LogP contribution in [0.4, 0.5) is 0 Å². The van der Waals surface area contributed by atoms with Crippen molar-refractivity contribution in [1.29, 1.82) is 0 Å².